The molecule has 0 aliphatic carbocycles. The smallest absolute Gasteiger partial charge is 0.257 e. The number of phenolic OH excluding ortho intramolecular Hbond substituents is 2. The van der Waals surface area contributed by atoms with Gasteiger partial charge in [0.05, 0.1) is 11.7 Å². The van der Waals surface area contributed by atoms with Gasteiger partial charge in [-0.25, -0.2) is 0 Å². The van der Waals surface area contributed by atoms with Crippen LogP contribution < -0.4 is 0 Å². The largest absolute Gasteiger partial charge is 0.504 e. The summed E-state index contributed by atoms with van der Waals surface area (Å²) in [7, 11) is 1.58. The molecule has 0 spiro atoms. The monoisotopic (exact) mass is 239 g/mol. The Balaban J connectivity index is 2.78. The lowest BCUT2D eigenvalue weighted by molar-refractivity contribution is 0.0765. The second kappa shape index (κ2) is 5.54. The minimum atomic E-state index is -0.483. The van der Waals surface area contributed by atoms with E-state index in [4.69, 9.17) is 5.11 Å². The number of carbonyl (C=O) groups excluding carboxylic acids is 1. The summed E-state index contributed by atoms with van der Waals surface area (Å²) >= 11 is 0. The number of aliphatic hydroxyl groups is 1. The quantitative estimate of drug-likeness (QED) is 0.683. The van der Waals surface area contributed by atoms with E-state index in [0.29, 0.717) is 13.0 Å². The summed E-state index contributed by atoms with van der Waals surface area (Å²) in [5.74, 6) is -1.12. The average molecular weight is 239 g/mol. The molecule has 17 heavy (non-hydrogen) atoms. The Hall–Kier alpha value is -1.75. The molecule has 5 nitrogen and oxygen atoms in total. The molecule has 0 radical (unpaired) electrons. The third-order valence-electron chi connectivity index (χ3n) is 2.47. The van der Waals surface area contributed by atoms with Crippen molar-refractivity contribution in [2.45, 2.75) is 19.4 Å². The highest BCUT2D eigenvalue weighted by atomic mass is 16.3. The number of rotatable bonds is 4. The molecule has 0 saturated carbocycles. The summed E-state index contributed by atoms with van der Waals surface area (Å²) in [6.07, 6.45) is -0.0232. The van der Waals surface area contributed by atoms with Crippen molar-refractivity contribution in [3.05, 3.63) is 23.8 Å². The molecule has 3 N–H and O–H groups in total. The molecule has 0 fully saturated rings. The minimum Gasteiger partial charge on any atom is -0.504 e. The number of aliphatic hydroxyl groups excluding tert-OH is 1. The lowest BCUT2D eigenvalue weighted by Gasteiger charge is -2.18. The molecule has 1 amide bonds. The molecule has 0 aromatic heterocycles. The number of phenols is 2. The summed E-state index contributed by atoms with van der Waals surface area (Å²) < 4.78 is 0. The van der Waals surface area contributed by atoms with E-state index in [1.165, 1.54) is 23.1 Å². The first-order valence-electron chi connectivity index (χ1n) is 5.38. The molecule has 1 unspecified atom stereocenters. The van der Waals surface area contributed by atoms with Crippen LogP contribution in [-0.2, 0) is 0 Å². The summed E-state index contributed by atoms with van der Waals surface area (Å²) in [6, 6.07) is 4.24. The van der Waals surface area contributed by atoms with Crippen molar-refractivity contribution in [3.8, 4) is 11.5 Å². The zero-order chi connectivity index (χ0) is 13.0. The number of hydrogen-bond acceptors (Lipinski definition) is 4. The molecular weight excluding hydrogens is 222 g/mol. The van der Waals surface area contributed by atoms with Gasteiger partial charge in [0.15, 0.2) is 11.5 Å². The molecule has 1 rings (SSSR count). The van der Waals surface area contributed by atoms with Gasteiger partial charge in [0, 0.05) is 13.6 Å². The number of para-hydroxylation sites is 1. The van der Waals surface area contributed by atoms with Gasteiger partial charge >= 0.3 is 0 Å². The molecule has 0 aliphatic rings. The lowest BCUT2D eigenvalue weighted by atomic mass is 10.1. The molecule has 94 valence electrons. The highest BCUT2D eigenvalue weighted by Crippen LogP contribution is 2.28. The topological polar surface area (TPSA) is 81.0 Å². The lowest BCUT2D eigenvalue weighted by Crippen LogP contribution is -2.29. The van der Waals surface area contributed by atoms with Gasteiger partial charge < -0.3 is 20.2 Å². The summed E-state index contributed by atoms with van der Waals surface area (Å²) in [5, 5.41) is 28.0. The maximum absolute atomic E-state index is 11.9. The van der Waals surface area contributed by atoms with Crippen molar-refractivity contribution in [2.24, 2.45) is 0 Å². The number of amides is 1. The molecule has 1 aromatic rings. The van der Waals surface area contributed by atoms with E-state index in [-0.39, 0.29) is 17.2 Å². The van der Waals surface area contributed by atoms with Crippen molar-refractivity contribution >= 4 is 5.91 Å². The number of nitrogens with zero attached hydrogens (tertiary/aromatic N) is 1. The fourth-order valence-electron chi connectivity index (χ4n) is 1.39. The Bertz CT molecular complexity index is 403. The van der Waals surface area contributed by atoms with Crippen LogP contribution in [0.15, 0.2) is 18.2 Å². The van der Waals surface area contributed by atoms with Gasteiger partial charge in [0.1, 0.15) is 0 Å². The van der Waals surface area contributed by atoms with E-state index in [1.807, 2.05) is 0 Å². The number of benzene rings is 1. The Morgan fingerprint density at radius 1 is 1.41 bits per heavy atom. The van der Waals surface area contributed by atoms with Gasteiger partial charge in [-0.15, -0.1) is 0 Å². The Kier molecular flexibility index (Phi) is 4.34. The van der Waals surface area contributed by atoms with Gasteiger partial charge in [-0.1, -0.05) is 6.07 Å². The summed E-state index contributed by atoms with van der Waals surface area (Å²) in [4.78, 5) is 13.3. The third-order valence-corrected chi connectivity index (χ3v) is 2.47. The van der Waals surface area contributed by atoms with Gasteiger partial charge in [-0.05, 0) is 25.5 Å². The molecule has 1 aromatic carbocycles. The van der Waals surface area contributed by atoms with E-state index in [9.17, 15) is 15.0 Å². The van der Waals surface area contributed by atoms with Crippen LogP contribution in [0.25, 0.3) is 0 Å². The fraction of sp³-hybridized carbons (Fsp3) is 0.417. The number of carbonyl (C=O) groups is 1. The van der Waals surface area contributed by atoms with E-state index in [2.05, 4.69) is 0 Å². The Morgan fingerprint density at radius 3 is 2.65 bits per heavy atom. The van der Waals surface area contributed by atoms with Gasteiger partial charge in [-0.2, -0.15) is 0 Å². The van der Waals surface area contributed by atoms with Crippen LogP contribution in [0.4, 0.5) is 0 Å². The molecule has 0 saturated heterocycles. The maximum atomic E-state index is 11.9. The highest BCUT2D eigenvalue weighted by Gasteiger charge is 2.17. The average Bonchev–Trinajstić information content (AvgIpc) is 2.28. The van der Waals surface area contributed by atoms with Crippen LogP contribution in [0.2, 0.25) is 0 Å². The van der Waals surface area contributed by atoms with Crippen molar-refractivity contribution in [3.63, 3.8) is 0 Å². The Morgan fingerprint density at radius 2 is 2.06 bits per heavy atom. The van der Waals surface area contributed by atoms with E-state index < -0.39 is 11.9 Å². The SMILES string of the molecule is CC(O)CCN(C)C(=O)c1cccc(O)c1O. The molecule has 0 bridgehead atoms. The van der Waals surface area contributed by atoms with Crippen LogP contribution in [0, 0.1) is 0 Å². The van der Waals surface area contributed by atoms with Crippen molar-refractivity contribution < 1.29 is 20.1 Å². The summed E-state index contributed by atoms with van der Waals surface area (Å²) in [5.41, 5.74) is 0.0538. The molecular formula is C12H17NO4. The van der Waals surface area contributed by atoms with Gasteiger partial charge in [0.2, 0.25) is 0 Å². The zero-order valence-corrected chi connectivity index (χ0v) is 9.92. The van der Waals surface area contributed by atoms with Crippen LogP contribution in [0.3, 0.4) is 0 Å². The summed E-state index contributed by atoms with van der Waals surface area (Å²) in [6.45, 7) is 2.02. The second-order valence-electron chi connectivity index (χ2n) is 4.04. The predicted octanol–water partition coefficient (Wildman–Crippen LogP) is 0.941. The third kappa shape index (κ3) is 3.35. The maximum Gasteiger partial charge on any atom is 0.257 e. The van der Waals surface area contributed by atoms with E-state index in [1.54, 1.807) is 14.0 Å². The van der Waals surface area contributed by atoms with Crippen molar-refractivity contribution in [1.82, 2.24) is 4.90 Å². The van der Waals surface area contributed by atoms with Crippen molar-refractivity contribution in [1.29, 1.82) is 0 Å². The zero-order valence-electron chi connectivity index (χ0n) is 9.92. The molecule has 1 atom stereocenters. The minimum absolute atomic E-state index is 0.0538. The van der Waals surface area contributed by atoms with Crippen LogP contribution in [0.1, 0.15) is 23.7 Å². The molecule has 0 aliphatic heterocycles. The Labute approximate surface area is 99.9 Å². The van der Waals surface area contributed by atoms with E-state index >= 15 is 0 Å². The normalized spacial score (nSPS) is 12.2. The first-order chi connectivity index (χ1) is 7.93. The van der Waals surface area contributed by atoms with Crippen LogP contribution >= 0.6 is 0 Å². The van der Waals surface area contributed by atoms with Gasteiger partial charge in [-0.3, -0.25) is 4.79 Å². The second-order valence-corrected chi connectivity index (χ2v) is 4.04. The molecule has 0 heterocycles. The highest BCUT2D eigenvalue weighted by molar-refractivity contribution is 5.97. The first-order valence-corrected chi connectivity index (χ1v) is 5.38. The van der Waals surface area contributed by atoms with E-state index in [0.717, 1.165) is 0 Å². The predicted molar refractivity (Wildman–Crippen MR) is 63.0 cm³/mol. The number of aromatic hydroxyl groups is 2. The van der Waals surface area contributed by atoms with Crippen molar-refractivity contribution in [2.75, 3.05) is 13.6 Å². The first kappa shape index (κ1) is 13.3. The number of hydrogen-bond donors (Lipinski definition) is 3. The van der Waals surface area contributed by atoms with Crippen LogP contribution in [0.5, 0.6) is 11.5 Å². The standard InChI is InChI=1S/C12H17NO4/c1-8(14)6-7-13(2)12(17)9-4-3-5-10(15)11(9)16/h3-5,8,14-16H,6-7H2,1-2H3. The van der Waals surface area contributed by atoms with Gasteiger partial charge in [0.25, 0.3) is 5.91 Å². The molecule has 5 heteroatoms. The fourth-order valence-corrected chi connectivity index (χ4v) is 1.39. The van der Waals surface area contributed by atoms with Crippen LogP contribution in [-0.4, -0.2) is 45.8 Å².